The summed E-state index contributed by atoms with van der Waals surface area (Å²) >= 11 is 1.64. The third-order valence-electron chi connectivity index (χ3n) is 3.40. The van der Waals surface area contributed by atoms with Gasteiger partial charge >= 0.3 is 6.03 Å². The SMILES string of the molecule is COCCNc1ccccc1CNC(=O)N[C@@H](C)c1cccs1. The molecule has 6 heteroatoms. The molecule has 0 bridgehead atoms. The molecule has 0 spiro atoms. The number of carbonyl (C=O) groups is 1. The smallest absolute Gasteiger partial charge is 0.315 e. The summed E-state index contributed by atoms with van der Waals surface area (Å²) in [6, 6.07) is 11.8. The summed E-state index contributed by atoms with van der Waals surface area (Å²) in [5.74, 6) is 0. The first-order valence-corrected chi connectivity index (χ1v) is 8.47. The number of anilines is 1. The van der Waals surface area contributed by atoms with Gasteiger partial charge in [-0.05, 0) is 30.0 Å². The van der Waals surface area contributed by atoms with Crippen LogP contribution in [0.15, 0.2) is 41.8 Å². The highest BCUT2D eigenvalue weighted by molar-refractivity contribution is 7.10. The van der Waals surface area contributed by atoms with Crippen LogP contribution in [0.2, 0.25) is 0 Å². The summed E-state index contributed by atoms with van der Waals surface area (Å²) in [5.41, 5.74) is 2.05. The van der Waals surface area contributed by atoms with Gasteiger partial charge in [0.15, 0.2) is 0 Å². The average Bonchev–Trinajstić information content (AvgIpc) is 3.09. The highest BCUT2D eigenvalue weighted by Crippen LogP contribution is 2.18. The van der Waals surface area contributed by atoms with E-state index in [1.807, 2.05) is 48.7 Å². The Morgan fingerprint density at radius 1 is 1.26 bits per heavy atom. The molecule has 23 heavy (non-hydrogen) atoms. The van der Waals surface area contributed by atoms with E-state index in [-0.39, 0.29) is 12.1 Å². The van der Waals surface area contributed by atoms with Crippen LogP contribution < -0.4 is 16.0 Å². The second-order valence-corrected chi connectivity index (χ2v) is 6.12. The molecule has 2 rings (SSSR count). The van der Waals surface area contributed by atoms with Crippen LogP contribution in [0.1, 0.15) is 23.4 Å². The number of ether oxygens (including phenoxy) is 1. The number of amides is 2. The van der Waals surface area contributed by atoms with Gasteiger partial charge in [-0.2, -0.15) is 0 Å². The zero-order chi connectivity index (χ0) is 16.5. The molecular weight excluding hydrogens is 310 g/mol. The van der Waals surface area contributed by atoms with E-state index in [0.29, 0.717) is 13.2 Å². The number of para-hydroxylation sites is 1. The van der Waals surface area contributed by atoms with E-state index in [9.17, 15) is 4.79 Å². The van der Waals surface area contributed by atoms with Crippen LogP contribution in [0.3, 0.4) is 0 Å². The molecule has 1 heterocycles. The van der Waals surface area contributed by atoms with Crippen molar-refractivity contribution in [2.75, 3.05) is 25.6 Å². The van der Waals surface area contributed by atoms with Crippen LogP contribution >= 0.6 is 11.3 Å². The summed E-state index contributed by atoms with van der Waals surface area (Å²) in [4.78, 5) is 13.2. The minimum absolute atomic E-state index is 0.00470. The molecule has 0 radical (unpaired) electrons. The number of urea groups is 1. The van der Waals surface area contributed by atoms with Gasteiger partial charge in [0, 0.05) is 30.8 Å². The van der Waals surface area contributed by atoms with Crippen molar-refractivity contribution in [3.8, 4) is 0 Å². The molecule has 0 aliphatic heterocycles. The van der Waals surface area contributed by atoms with E-state index in [1.54, 1.807) is 18.4 Å². The molecular formula is C17H23N3O2S. The highest BCUT2D eigenvalue weighted by Gasteiger charge is 2.10. The lowest BCUT2D eigenvalue weighted by Gasteiger charge is -2.15. The van der Waals surface area contributed by atoms with Crippen LogP contribution in [0.4, 0.5) is 10.5 Å². The number of hydrogen-bond donors (Lipinski definition) is 3. The van der Waals surface area contributed by atoms with Gasteiger partial charge in [0.2, 0.25) is 0 Å². The molecule has 0 unspecified atom stereocenters. The van der Waals surface area contributed by atoms with Gasteiger partial charge in [-0.3, -0.25) is 0 Å². The van der Waals surface area contributed by atoms with Crippen molar-refractivity contribution < 1.29 is 9.53 Å². The van der Waals surface area contributed by atoms with Gasteiger partial charge in [0.25, 0.3) is 0 Å². The van der Waals surface area contributed by atoms with Crippen molar-refractivity contribution in [3.63, 3.8) is 0 Å². The Balaban J connectivity index is 1.84. The molecule has 3 N–H and O–H groups in total. The van der Waals surface area contributed by atoms with E-state index in [2.05, 4.69) is 16.0 Å². The average molecular weight is 333 g/mol. The Morgan fingerprint density at radius 3 is 2.83 bits per heavy atom. The number of methoxy groups -OCH3 is 1. The van der Waals surface area contributed by atoms with Crippen molar-refractivity contribution in [2.24, 2.45) is 0 Å². The third kappa shape index (κ3) is 5.58. The maximum Gasteiger partial charge on any atom is 0.315 e. The molecule has 2 aromatic rings. The summed E-state index contributed by atoms with van der Waals surface area (Å²) in [7, 11) is 1.67. The zero-order valence-electron chi connectivity index (χ0n) is 13.5. The molecule has 0 saturated carbocycles. The number of nitrogens with one attached hydrogen (secondary N) is 3. The van der Waals surface area contributed by atoms with Crippen molar-refractivity contribution in [1.29, 1.82) is 0 Å². The molecule has 124 valence electrons. The van der Waals surface area contributed by atoms with E-state index in [0.717, 1.165) is 22.7 Å². The number of rotatable bonds is 8. The maximum absolute atomic E-state index is 12.0. The molecule has 0 fully saturated rings. The van der Waals surface area contributed by atoms with Gasteiger partial charge in [0.05, 0.1) is 12.6 Å². The number of benzene rings is 1. The number of carbonyl (C=O) groups excluding carboxylic acids is 1. The fourth-order valence-corrected chi connectivity index (χ4v) is 2.90. The van der Waals surface area contributed by atoms with Crippen molar-refractivity contribution >= 4 is 23.1 Å². The van der Waals surface area contributed by atoms with Crippen molar-refractivity contribution in [1.82, 2.24) is 10.6 Å². The standard InChI is InChI=1S/C17H23N3O2S/c1-13(16-8-5-11-23-16)20-17(21)19-12-14-6-3-4-7-15(14)18-9-10-22-2/h3-8,11,13,18H,9-10,12H2,1-2H3,(H2,19,20,21)/t13-/m0/s1. The van der Waals surface area contributed by atoms with E-state index in [4.69, 9.17) is 4.74 Å². The van der Waals surface area contributed by atoms with Gasteiger partial charge in [-0.25, -0.2) is 4.79 Å². The quantitative estimate of drug-likeness (QED) is 0.649. The fourth-order valence-electron chi connectivity index (χ4n) is 2.17. The second kappa shape index (κ2) is 9.17. The predicted molar refractivity (Wildman–Crippen MR) is 94.9 cm³/mol. The first-order chi connectivity index (χ1) is 11.2. The Bertz CT molecular complexity index is 602. The maximum atomic E-state index is 12.0. The second-order valence-electron chi connectivity index (χ2n) is 5.14. The van der Waals surface area contributed by atoms with Gasteiger partial charge in [0.1, 0.15) is 0 Å². The minimum atomic E-state index is -0.169. The first-order valence-electron chi connectivity index (χ1n) is 7.59. The van der Waals surface area contributed by atoms with E-state index in [1.165, 1.54) is 0 Å². The van der Waals surface area contributed by atoms with Crippen molar-refractivity contribution in [3.05, 3.63) is 52.2 Å². The lowest BCUT2D eigenvalue weighted by molar-refractivity contribution is 0.210. The van der Waals surface area contributed by atoms with Crippen LogP contribution in [0.5, 0.6) is 0 Å². The van der Waals surface area contributed by atoms with Gasteiger partial charge in [-0.15, -0.1) is 11.3 Å². The highest BCUT2D eigenvalue weighted by atomic mass is 32.1. The predicted octanol–water partition coefficient (Wildman–Crippen LogP) is 3.37. The summed E-state index contributed by atoms with van der Waals surface area (Å²) in [5, 5.41) is 11.2. The van der Waals surface area contributed by atoms with Gasteiger partial charge in [-0.1, -0.05) is 24.3 Å². The lowest BCUT2D eigenvalue weighted by atomic mass is 10.1. The summed E-state index contributed by atoms with van der Waals surface area (Å²) in [6.07, 6.45) is 0. The van der Waals surface area contributed by atoms with Crippen LogP contribution in [-0.2, 0) is 11.3 Å². The Hall–Kier alpha value is -2.05. The van der Waals surface area contributed by atoms with E-state index >= 15 is 0 Å². The van der Waals surface area contributed by atoms with Crippen LogP contribution in [0.25, 0.3) is 0 Å². The Labute approximate surface area is 141 Å². The zero-order valence-corrected chi connectivity index (χ0v) is 14.3. The monoisotopic (exact) mass is 333 g/mol. The minimum Gasteiger partial charge on any atom is -0.383 e. The third-order valence-corrected chi connectivity index (χ3v) is 4.45. The molecule has 1 aromatic carbocycles. The summed E-state index contributed by atoms with van der Waals surface area (Å²) < 4.78 is 5.04. The van der Waals surface area contributed by atoms with Gasteiger partial charge < -0.3 is 20.7 Å². The lowest BCUT2D eigenvalue weighted by Crippen LogP contribution is -2.36. The molecule has 1 aromatic heterocycles. The normalized spacial score (nSPS) is 11.7. The molecule has 0 saturated heterocycles. The number of thiophene rings is 1. The molecule has 0 aliphatic rings. The van der Waals surface area contributed by atoms with Crippen LogP contribution in [0, 0.1) is 0 Å². The molecule has 0 aliphatic carbocycles. The van der Waals surface area contributed by atoms with E-state index < -0.39 is 0 Å². The van der Waals surface area contributed by atoms with Crippen molar-refractivity contribution in [2.45, 2.75) is 19.5 Å². The first kappa shape index (κ1) is 17.3. The molecule has 2 amide bonds. The molecule has 1 atom stereocenters. The fraction of sp³-hybridized carbons (Fsp3) is 0.353. The number of hydrogen-bond acceptors (Lipinski definition) is 4. The largest absolute Gasteiger partial charge is 0.383 e. The Morgan fingerprint density at radius 2 is 2.09 bits per heavy atom. The Kier molecular flexibility index (Phi) is 6.90. The summed E-state index contributed by atoms with van der Waals surface area (Å²) in [6.45, 7) is 3.82. The topological polar surface area (TPSA) is 62.4 Å². The molecule has 5 nitrogen and oxygen atoms in total. The van der Waals surface area contributed by atoms with Crippen LogP contribution in [-0.4, -0.2) is 26.3 Å².